The predicted octanol–water partition coefficient (Wildman–Crippen LogP) is 1.03. The first-order valence-corrected chi connectivity index (χ1v) is 9.04. The predicted molar refractivity (Wildman–Crippen MR) is 94.0 cm³/mol. The van der Waals surface area contributed by atoms with Crippen molar-refractivity contribution in [3.05, 3.63) is 0 Å². The molecule has 134 valence electrons. The Labute approximate surface area is 141 Å². The van der Waals surface area contributed by atoms with Crippen molar-refractivity contribution < 1.29 is 9.47 Å². The van der Waals surface area contributed by atoms with Gasteiger partial charge in [-0.1, -0.05) is 0 Å². The summed E-state index contributed by atoms with van der Waals surface area (Å²) in [5.41, 5.74) is 0. The third kappa shape index (κ3) is 5.94. The Morgan fingerprint density at radius 2 is 2.30 bits per heavy atom. The minimum Gasteiger partial charge on any atom is -0.383 e. The van der Waals surface area contributed by atoms with Crippen molar-refractivity contribution in [3.8, 4) is 0 Å². The topological polar surface area (TPSA) is 49.3 Å². The van der Waals surface area contributed by atoms with Crippen molar-refractivity contribution >= 4 is 5.96 Å². The van der Waals surface area contributed by atoms with Gasteiger partial charge in [0.2, 0.25) is 0 Å². The van der Waals surface area contributed by atoms with Gasteiger partial charge in [-0.05, 0) is 32.7 Å². The monoisotopic (exact) mass is 326 g/mol. The second-order valence-electron chi connectivity index (χ2n) is 6.63. The maximum Gasteiger partial charge on any atom is 0.193 e. The van der Waals surface area contributed by atoms with Crippen LogP contribution in [0.15, 0.2) is 4.99 Å². The van der Waals surface area contributed by atoms with Gasteiger partial charge in [0.15, 0.2) is 5.96 Å². The second-order valence-corrected chi connectivity index (χ2v) is 6.63. The number of rotatable bonds is 8. The molecule has 2 aliphatic heterocycles. The van der Waals surface area contributed by atoms with Gasteiger partial charge in [0.1, 0.15) is 0 Å². The highest BCUT2D eigenvalue weighted by molar-refractivity contribution is 5.79. The number of guanidine groups is 1. The number of ether oxygens (including phenoxy) is 2. The Morgan fingerprint density at radius 3 is 3.00 bits per heavy atom. The lowest BCUT2D eigenvalue weighted by molar-refractivity contribution is 0.142. The number of methoxy groups -OCH3 is 1. The summed E-state index contributed by atoms with van der Waals surface area (Å²) in [7, 11) is 3.91. The zero-order valence-corrected chi connectivity index (χ0v) is 15.1. The molecule has 6 nitrogen and oxygen atoms in total. The van der Waals surface area contributed by atoms with Gasteiger partial charge in [0.05, 0.1) is 19.8 Å². The van der Waals surface area contributed by atoms with Gasteiger partial charge in [-0.15, -0.1) is 0 Å². The third-order valence-corrected chi connectivity index (χ3v) is 4.79. The van der Waals surface area contributed by atoms with Crippen molar-refractivity contribution in [1.29, 1.82) is 0 Å². The van der Waals surface area contributed by atoms with E-state index in [0.717, 1.165) is 58.4 Å². The van der Waals surface area contributed by atoms with Crippen LogP contribution in [0.25, 0.3) is 0 Å². The van der Waals surface area contributed by atoms with Crippen LogP contribution in [0.2, 0.25) is 0 Å². The molecule has 0 aromatic carbocycles. The lowest BCUT2D eigenvalue weighted by Gasteiger charge is -2.26. The largest absolute Gasteiger partial charge is 0.383 e. The summed E-state index contributed by atoms with van der Waals surface area (Å²) in [6, 6.07) is 0.557. The van der Waals surface area contributed by atoms with E-state index in [2.05, 4.69) is 29.1 Å². The maximum atomic E-state index is 5.49. The van der Waals surface area contributed by atoms with Crippen LogP contribution < -0.4 is 5.32 Å². The molecule has 0 saturated carbocycles. The van der Waals surface area contributed by atoms with Gasteiger partial charge in [0.25, 0.3) is 0 Å². The van der Waals surface area contributed by atoms with E-state index in [1.807, 2.05) is 0 Å². The van der Waals surface area contributed by atoms with E-state index in [1.165, 1.54) is 19.4 Å². The molecule has 2 heterocycles. The number of hydrogen-bond donors (Lipinski definition) is 1. The highest BCUT2D eigenvalue weighted by Crippen LogP contribution is 2.17. The quantitative estimate of drug-likeness (QED) is 0.533. The van der Waals surface area contributed by atoms with Crippen LogP contribution in [-0.4, -0.2) is 88.5 Å². The molecule has 2 fully saturated rings. The van der Waals surface area contributed by atoms with Gasteiger partial charge < -0.3 is 19.7 Å². The zero-order chi connectivity index (χ0) is 16.5. The van der Waals surface area contributed by atoms with Crippen LogP contribution in [0.1, 0.15) is 26.2 Å². The van der Waals surface area contributed by atoms with Crippen LogP contribution in [0.4, 0.5) is 0 Å². The normalized spacial score (nSPS) is 26.0. The molecule has 0 amide bonds. The molecule has 0 aromatic heterocycles. The van der Waals surface area contributed by atoms with Crippen LogP contribution in [0.5, 0.6) is 0 Å². The van der Waals surface area contributed by atoms with Gasteiger partial charge in [0, 0.05) is 52.4 Å². The molecule has 2 saturated heterocycles. The molecule has 1 N–H and O–H groups in total. The Morgan fingerprint density at radius 1 is 1.43 bits per heavy atom. The molecule has 2 atom stereocenters. The number of nitrogens with zero attached hydrogens (tertiary/aromatic N) is 3. The summed E-state index contributed by atoms with van der Waals surface area (Å²) in [5.74, 6) is 1.66. The fraction of sp³-hybridized carbons (Fsp3) is 0.941. The molecule has 0 radical (unpaired) electrons. The average molecular weight is 326 g/mol. The van der Waals surface area contributed by atoms with Crippen molar-refractivity contribution in [3.63, 3.8) is 0 Å². The number of likely N-dealkylation sites (tertiary alicyclic amines) is 1. The van der Waals surface area contributed by atoms with E-state index in [-0.39, 0.29) is 0 Å². The van der Waals surface area contributed by atoms with E-state index >= 15 is 0 Å². The fourth-order valence-electron chi connectivity index (χ4n) is 3.47. The summed E-state index contributed by atoms with van der Waals surface area (Å²) >= 11 is 0. The molecule has 2 rings (SSSR count). The minimum absolute atomic E-state index is 0.557. The van der Waals surface area contributed by atoms with E-state index in [4.69, 9.17) is 14.5 Å². The Kier molecular flexibility index (Phi) is 8.12. The first kappa shape index (κ1) is 18.5. The molecule has 0 aromatic rings. The molecular weight excluding hydrogens is 292 g/mol. The summed E-state index contributed by atoms with van der Waals surface area (Å²) in [5, 5.41) is 3.43. The van der Waals surface area contributed by atoms with E-state index < -0.39 is 0 Å². The SMILES string of the molecule is CCNC(=NCC1CCCN1CCOC)N(C)CC1CCOC1. The third-order valence-electron chi connectivity index (χ3n) is 4.79. The van der Waals surface area contributed by atoms with E-state index in [9.17, 15) is 0 Å². The molecule has 0 aliphatic carbocycles. The summed E-state index contributed by atoms with van der Waals surface area (Å²) in [6.45, 7) is 9.71. The van der Waals surface area contributed by atoms with E-state index in [0.29, 0.717) is 12.0 Å². The summed E-state index contributed by atoms with van der Waals surface area (Å²) in [6.07, 6.45) is 3.68. The molecular formula is C17H34N4O2. The highest BCUT2D eigenvalue weighted by atomic mass is 16.5. The Balaban J connectivity index is 1.86. The Hall–Kier alpha value is -0.850. The lowest BCUT2D eigenvalue weighted by Crippen LogP contribution is -2.42. The first-order chi connectivity index (χ1) is 11.2. The molecule has 2 aliphatic rings. The molecule has 0 spiro atoms. The van der Waals surface area contributed by atoms with Crippen molar-refractivity contribution in [2.75, 3.05) is 66.7 Å². The van der Waals surface area contributed by atoms with Gasteiger partial charge in [-0.3, -0.25) is 9.89 Å². The molecule has 0 bridgehead atoms. The van der Waals surface area contributed by atoms with E-state index in [1.54, 1.807) is 7.11 Å². The van der Waals surface area contributed by atoms with Crippen LogP contribution >= 0.6 is 0 Å². The van der Waals surface area contributed by atoms with Crippen LogP contribution in [0, 0.1) is 5.92 Å². The fourth-order valence-corrected chi connectivity index (χ4v) is 3.47. The zero-order valence-electron chi connectivity index (χ0n) is 15.1. The van der Waals surface area contributed by atoms with Gasteiger partial charge in [-0.25, -0.2) is 0 Å². The van der Waals surface area contributed by atoms with Crippen molar-refractivity contribution in [2.24, 2.45) is 10.9 Å². The summed E-state index contributed by atoms with van der Waals surface area (Å²) < 4.78 is 10.7. The maximum absolute atomic E-state index is 5.49. The smallest absolute Gasteiger partial charge is 0.193 e. The number of aliphatic imine (C=N–C) groups is 1. The molecule has 2 unspecified atom stereocenters. The summed E-state index contributed by atoms with van der Waals surface area (Å²) in [4.78, 5) is 9.68. The van der Waals surface area contributed by atoms with Gasteiger partial charge in [-0.2, -0.15) is 0 Å². The average Bonchev–Trinajstić information content (AvgIpc) is 3.20. The Bertz CT molecular complexity index is 359. The van der Waals surface area contributed by atoms with Gasteiger partial charge >= 0.3 is 0 Å². The molecule has 6 heteroatoms. The van der Waals surface area contributed by atoms with Crippen LogP contribution in [0.3, 0.4) is 0 Å². The van der Waals surface area contributed by atoms with Crippen LogP contribution in [-0.2, 0) is 9.47 Å². The number of nitrogens with one attached hydrogen (secondary N) is 1. The van der Waals surface area contributed by atoms with Crippen molar-refractivity contribution in [2.45, 2.75) is 32.2 Å². The highest BCUT2D eigenvalue weighted by Gasteiger charge is 2.24. The first-order valence-electron chi connectivity index (χ1n) is 9.04. The molecule has 23 heavy (non-hydrogen) atoms. The van der Waals surface area contributed by atoms with Crippen molar-refractivity contribution in [1.82, 2.24) is 15.1 Å². The number of hydrogen-bond acceptors (Lipinski definition) is 4. The second kappa shape index (κ2) is 10.1. The lowest BCUT2D eigenvalue weighted by atomic mass is 10.1. The standard InChI is InChI=1S/C17H34N4O2/c1-4-18-17(20(2)13-15-7-10-23-14-15)19-12-16-6-5-8-21(16)9-11-22-3/h15-16H,4-14H2,1-3H3,(H,18,19). The minimum atomic E-state index is 0.557.